The van der Waals surface area contributed by atoms with Gasteiger partial charge in [0.05, 0.1) is 0 Å². The van der Waals surface area contributed by atoms with Crippen molar-refractivity contribution in [3.63, 3.8) is 0 Å². The molecule has 0 aliphatic heterocycles. The molecule has 2 rings (SSSR count). The number of hydrogen-bond donors (Lipinski definition) is 1. The van der Waals surface area contributed by atoms with E-state index in [0.29, 0.717) is 5.92 Å². The van der Waals surface area contributed by atoms with Crippen LogP contribution < -0.4 is 5.32 Å². The molecule has 1 N–H and O–H groups in total. The van der Waals surface area contributed by atoms with Gasteiger partial charge in [0, 0.05) is 18.0 Å². The lowest BCUT2D eigenvalue weighted by Crippen LogP contribution is -2.40. The smallest absolute Gasteiger partial charge is 0.126 e. The van der Waals surface area contributed by atoms with Crippen LogP contribution in [0.3, 0.4) is 0 Å². The van der Waals surface area contributed by atoms with Crippen LogP contribution in [-0.2, 0) is 5.41 Å². The summed E-state index contributed by atoms with van der Waals surface area (Å²) in [4.78, 5) is 0. The second-order valence-corrected chi connectivity index (χ2v) is 5.78. The Labute approximate surface area is 114 Å². The van der Waals surface area contributed by atoms with Gasteiger partial charge in [-0.2, -0.15) is 0 Å². The molecule has 1 aliphatic rings. The van der Waals surface area contributed by atoms with Crippen LogP contribution in [0.15, 0.2) is 18.2 Å². The summed E-state index contributed by atoms with van der Waals surface area (Å²) in [5, 5.41) is 3.44. The van der Waals surface area contributed by atoms with Crippen molar-refractivity contribution in [3.05, 3.63) is 35.4 Å². The third-order valence-corrected chi connectivity index (χ3v) is 4.51. The van der Waals surface area contributed by atoms with Crippen LogP contribution in [0.4, 0.5) is 8.78 Å². The highest BCUT2D eigenvalue weighted by Crippen LogP contribution is 2.45. The summed E-state index contributed by atoms with van der Waals surface area (Å²) in [7, 11) is 0. The quantitative estimate of drug-likeness (QED) is 0.794. The van der Waals surface area contributed by atoms with Crippen molar-refractivity contribution in [2.45, 2.75) is 44.9 Å². The molecule has 0 radical (unpaired) electrons. The molecule has 0 bridgehead atoms. The minimum absolute atomic E-state index is 0.113. The van der Waals surface area contributed by atoms with Crippen LogP contribution in [0, 0.1) is 17.6 Å². The van der Waals surface area contributed by atoms with Crippen LogP contribution in [0.1, 0.15) is 45.1 Å². The second-order valence-electron chi connectivity index (χ2n) is 5.78. The normalized spacial score (nSPS) is 26.8. The lowest BCUT2D eigenvalue weighted by molar-refractivity contribution is 0.315. The standard InChI is InChI=1S/C16H23F2N/c1-3-7-19-11-16(6-4-5-12(16)2)13-8-14(17)10-15(18)9-13/h8-10,12,19H,3-7,11H2,1-2H3. The highest BCUT2D eigenvalue weighted by Gasteiger charge is 2.41. The van der Waals surface area contributed by atoms with Gasteiger partial charge in [-0.25, -0.2) is 8.78 Å². The molecule has 1 aliphatic carbocycles. The highest BCUT2D eigenvalue weighted by molar-refractivity contribution is 5.30. The third-order valence-electron chi connectivity index (χ3n) is 4.51. The summed E-state index contributed by atoms with van der Waals surface area (Å²) >= 11 is 0. The Hall–Kier alpha value is -0.960. The van der Waals surface area contributed by atoms with Gasteiger partial charge in [0.25, 0.3) is 0 Å². The van der Waals surface area contributed by atoms with Crippen molar-refractivity contribution in [2.75, 3.05) is 13.1 Å². The Morgan fingerprint density at radius 3 is 2.47 bits per heavy atom. The average Bonchev–Trinajstić information content (AvgIpc) is 2.71. The number of nitrogens with one attached hydrogen (secondary N) is 1. The summed E-state index contributed by atoms with van der Waals surface area (Å²) in [5.74, 6) is -0.481. The van der Waals surface area contributed by atoms with Gasteiger partial charge in [-0.15, -0.1) is 0 Å². The van der Waals surface area contributed by atoms with Crippen LogP contribution in [0.2, 0.25) is 0 Å². The van der Waals surface area contributed by atoms with Gasteiger partial charge in [-0.1, -0.05) is 20.3 Å². The van der Waals surface area contributed by atoms with E-state index in [1.165, 1.54) is 12.1 Å². The van der Waals surface area contributed by atoms with E-state index in [0.717, 1.165) is 50.4 Å². The number of rotatable bonds is 5. The van der Waals surface area contributed by atoms with Crippen LogP contribution in [0.25, 0.3) is 0 Å². The Morgan fingerprint density at radius 2 is 1.95 bits per heavy atom. The van der Waals surface area contributed by atoms with Crippen LogP contribution >= 0.6 is 0 Å². The molecular weight excluding hydrogens is 244 g/mol. The van der Waals surface area contributed by atoms with Crippen molar-refractivity contribution < 1.29 is 8.78 Å². The van der Waals surface area contributed by atoms with E-state index in [1.54, 1.807) is 0 Å². The van der Waals surface area contributed by atoms with Crippen molar-refractivity contribution in [1.82, 2.24) is 5.32 Å². The molecule has 1 aromatic carbocycles. The van der Waals surface area contributed by atoms with Crippen LogP contribution in [-0.4, -0.2) is 13.1 Å². The molecule has 1 saturated carbocycles. The second kappa shape index (κ2) is 6.00. The summed E-state index contributed by atoms with van der Waals surface area (Å²) < 4.78 is 27.0. The van der Waals surface area contributed by atoms with Crippen LogP contribution in [0.5, 0.6) is 0 Å². The maximum atomic E-state index is 13.5. The fourth-order valence-corrected chi connectivity index (χ4v) is 3.37. The number of halogens is 2. The minimum atomic E-state index is -0.469. The topological polar surface area (TPSA) is 12.0 Å². The zero-order chi connectivity index (χ0) is 13.9. The van der Waals surface area contributed by atoms with E-state index in [9.17, 15) is 8.78 Å². The Morgan fingerprint density at radius 1 is 1.26 bits per heavy atom. The van der Waals surface area contributed by atoms with Gasteiger partial charge in [0.15, 0.2) is 0 Å². The Kier molecular flexibility index (Phi) is 4.56. The van der Waals surface area contributed by atoms with E-state index in [1.807, 2.05) is 0 Å². The fourth-order valence-electron chi connectivity index (χ4n) is 3.37. The maximum Gasteiger partial charge on any atom is 0.126 e. The highest BCUT2D eigenvalue weighted by atomic mass is 19.1. The molecule has 3 heteroatoms. The zero-order valence-electron chi connectivity index (χ0n) is 11.8. The summed E-state index contributed by atoms with van der Waals surface area (Å²) in [6, 6.07) is 3.98. The molecule has 0 aromatic heterocycles. The molecule has 0 saturated heterocycles. The summed E-state index contributed by atoms with van der Waals surface area (Å²) in [6.07, 6.45) is 4.34. The first-order chi connectivity index (χ1) is 9.08. The Bertz CT molecular complexity index is 413. The maximum absolute atomic E-state index is 13.5. The van der Waals surface area contributed by atoms with Crippen molar-refractivity contribution >= 4 is 0 Å². The lowest BCUT2D eigenvalue weighted by atomic mass is 9.72. The SMILES string of the molecule is CCCNCC1(c2cc(F)cc(F)c2)CCCC1C. The molecule has 0 heterocycles. The predicted molar refractivity (Wildman–Crippen MR) is 74.2 cm³/mol. The molecule has 1 fully saturated rings. The molecule has 1 nitrogen and oxygen atoms in total. The first-order valence-electron chi connectivity index (χ1n) is 7.26. The average molecular weight is 267 g/mol. The summed E-state index contributed by atoms with van der Waals surface area (Å²) in [6.45, 7) is 6.08. The molecule has 0 amide bonds. The number of benzene rings is 1. The van der Waals surface area contributed by atoms with Crippen molar-refractivity contribution in [1.29, 1.82) is 0 Å². The van der Waals surface area contributed by atoms with E-state index < -0.39 is 11.6 Å². The summed E-state index contributed by atoms with van der Waals surface area (Å²) in [5.41, 5.74) is 0.705. The minimum Gasteiger partial charge on any atom is -0.316 e. The molecule has 0 spiro atoms. The van der Waals surface area contributed by atoms with Gasteiger partial charge in [-0.05, 0) is 49.4 Å². The molecule has 1 aromatic rings. The monoisotopic (exact) mass is 267 g/mol. The van der Waals surface area contributed by atoms with E-state index >= 15 is 0 Å². The van der Waals surface area contributed by atoms with Gasteiger partial charge in [0.2, 0.25) is 0 Å². The first kappa shape index (κ1) is 14.4. The van der Waals surface area contributed by atoms with Crippen molar-refractivity contribution in [2.24, 2.45) is 5.92 Å². The molecular formula is C16H23F2N. The first-order valence-corrected chi connectivity index (χ1v) is 7.26. The molecule has 19 heavy (non-hydrogen) atoms. The predicted octanol–water partition coefficient (Wildman–Crippen LogP) is 4.02. The largest absolute Gasteiger partial charge is 0.316 e. The van der Waals surface area contributed by atoms with Gasteiger partial charge in [0.1, 0.15) is 11.6 Å². The molecule has 2 unspecified atom stereocenters. The number of hydrogen-bond acceptors (Lipinski definition) is 1. The zero-order valence-corrected chi connectivity index (χ0v) is 11.8. The van der Waals surface area contributed by atoms with Gasteiger partial charge >= 0.3 is 0 Å². The van der Waals surface area contributed by atoms with E-state index in [4.69, 9.17) is 0 Å². The van der Waals surface area contributed by atoms with Gasteiger partial charge in [-0.3, -0.25) is 0 Å². The third kappa shape index (κ3) is 2.97. The van der Waals surface area contributed by atoms with E-state index in [2.05, 4.69) is 19.2 Å². The molecule has 2 atom stereocenters. The molecule has 106 valence electrons. The van der Waals surface area contributed by atoms with Crippen molar-refractivity contribution in [3.8, 4) is 0 Å². The fraction of sp³-hybridized carbons (Fsp3) is 0.625. The Balaban J connectivity index is 2.31. The van der Waals surface area contributed by atoms with Gasteiger partial charge < -0.3 is 5.32 Å². The lowest BCUT2D eigenvalue weighted by Gasteiger charge is -2.35. The van der Waals surface area contributed by atoms with E-state index in [-0.39, 0.29) is 5.41 Å².